The van der Waals surface area contributed by atoms with Crippen LogP contribution in [0.4, 0.5) is 5.69 Å². The second-order valence-corrected chi connectivity index (χ2v) is 14.1. The number of carbonyl (C=O) groups excluding carboxylic acids is 2. The molecular weight excluding hydrogens is 622 g/mol. The van der Waals surface area contributed by atoms with E-state index in [1.54, 1.807) is 66.7 Å². The van der Waals surface area contributed by atoms with E-state index in [0.29, 0.717) is 28.6 Å². The number of rotatable bonds is 13. The highest BCUT2D eigenvalue weighted by atomic mass is 35.5. The molecule has 0 saturated heterocycles. The first-order valence-electron chi connectivity index (χ1n) is 15.1. The molecule has 0 aliphatic heterocycles. The zero-order valence-electron chi connectivity index (χ0n) is 26.5. The van der Waals surface area contributed by atoms with E-state index in [9.17, 15) is 18.0 Å². The van der Waals surface area contributed by atoms with Gasteiger partial charge in [0.25, 0.3) is 10.0 Å². The van der Waals surface area contributed by atoms with Crippen LogP contribution in [0.2, 0.25) is 5.02 Å². The van der Waals surface area contributed by atoms with Crippen LogP contribution in [0.3, 0.4) is 0 Å². The quantitative estimate of drug-likeness (QED) is 0.177. The summed E-state index contributed by atoms with van der Waals surface area (Å²) in [6.45, 7) is 7.30. The molecule has 2 amide bonds. The van der Waals surface area contributed by atoms with Crippen molar-refractivity contribution >= 4 is 39.1 Å². The van der Waals surface area contributed by atoms with Crippen molar-refractivity contribution in [2.24, 2.45) is 0 Å². The van der Waals surface area contributed by atoms with Gasteiger partial charge in [0.05, 0.1) is 17.2 Å². The summed E-state index contributed by atoms with van der Waals surface area (Å²) in [4.78, 5) is 29.9. The van der Waals surface area contributed by atoms with Crippen molar-refractivity contribution in [1.29, 1.82) is 0 Å². The number of sulfonamides is 1. The zero-order valence-corrected chi connectivity index (χ0v) is 28.1. The number of hydrogen-bond donors (Lipinski definition) is 1. The smallest absolute Gasteiger partial charge is 0.264 e. The molecule has 0 aromatic heterocycles. The van der Waals surface area contributed by atoms with E-state index < -0.39 is 34.1 Å². The van der Waals surface area contributed by atoms with Gasteiger partial charge in [-0.15, -0.1) is 0 Å². The fourth-order valence-electron chi connectivity index (χ4n) is 4.94. The molecule has 1 unspecified atom stereocenters. The summed E-state index contributed by atoms with van der Waals surface area (Å²) in [5, 5.41) is 3.45. The van der Waals surface area contributed by atoms with Crippen molar-refractivity contribution in [2.45, 2.75) is 57.1 Å². The average Bonchev–Trinajstić information content (AvgIpc) is 3.02. The molecule has 0 bridgehead atoms. The minimum atomic E-state index is -4.23. The van der Waals surface area contributed by atoms with Crippen LogP contribution >= 0.6 is 11.6 Å². The van der Waals surface area contributed by atoms with E-state index in [1.807, 2.05) is 58.0 Å². The SMILES string of the molecule is CCOc1ccc(S(=O)(=O)N(CC(=O)N(Cc2ccccc2Cl)C(Cc2ccccc2)C(=O)NC(C)(C)C)c2ccccc2)cc1. The normalized spacial score (nSPS) is 12.2. The molecule has 0 fully saturated rings. The Balaban J connectivity index is 1.80. The highest BCUT2D eigenvalue weighted by Crippen LogP contribution is 2.27. The van der Waals surface area contributed by atoms with E-state index in [-0.39, 0.29) is 23.8 Å². The summed E-state index contributed by atoms with van der Waals surface area (Å²) in [5.41, 5.74) is 1.19. The lowest BCUT2D eigenvalue weighted by atomic mass is 10.0. The minimum absolute atomic E-state index is 0.00317. The van der Waals surface area contributed by atoms with Crippen LogP contribution in [-0.2, 0) is 32.6 Å². The number of benzene rings is 4. The van der Waals surface area contributed by atoms with Crippen LogP contribution in [0.5, 0.6) is 5.75 Å². The van der Waals surface area contributed by atoms with Crippen molar-refractivity contribution in [3.8, 4) is 5.75 Å². The second kappa shape index (κ2) is 15.3. The van der Waals surface area contributed by atoms with Crippen LogP contribution in [0, 0.1) is 0 Å². The van der Waals surface area contributed by atoms with Crippen LogP contribution < -0.4 is 14.4 Å². The molecule has 0 aliphatic rings. The molecule has 1 atom stereocenters. The van der Waals surface area contributed by atoms with Gasteiger partial charge in [0.1, 0.15) is 18.3 Å². The number of carbonyl (C=O) groups is 2. The Morgan fingerprint density at radius 3 is 2.02 bits per heavy atom. The van der Waals surface area contributed by atoms with Gasteiger partial charge >= 0.3 is 0 Å². The summed E-state index contributed by atoms with van der Waals surface area (Å²) >= 11 is 6.56. The number of nitrogens with one attached hydrogen (secondary N) is 1. The molecule has 4 rings (SSSR count). The first kappa shape index (κ1) is 34.5. The van der Waals surface area contributed by atoms with Crippen molar-refractivity contribution in [1.82, 2.24) is 10.2 Å². The topological polar surface area (TPSA) is 96.0 Å². The maximum Gasteiger partial charge on any atom is 0.264 e. The standard InChI is InChI=1S/C36H40ClN3O5S/c1-5-45-30-20-22-31(23-21-30)46(43,44)40(29-17-10-7-11-18-29)26-34(41)39(25-28-16-12-13-19-32(28)37)33(35(42)38-36(2,3)4)24-27-14-8-6-9-15-27/h6-23,33H,5,24-26H2,1-4H3,(H,38,42). The molecule has 0 heterocycles. The van der Waals surface area contributed by atoms with E-state index in [0.717, 1.165) is 9.87 Å². The molecule has 1 N–H and O–H groups in total. The van der Waals surface area contributed by atoms with E-state index in [4.69, 9.17) is 16.3 Å². The molecule has 4 aromatic carbocycles. The van der Waals surface area contributed by atoms with Gasteiger partial charge in [-0.2, -0.15) is 0 Å². The van der Waals surface area contributed by atoms with E-state index in [2.05, 4.69) is 5.32 Å². The van der Waals surface area contributed by atoms with Crippen LogP contribution in [0.15, 0.2) is 114 Å². The molecule has 46 heavy (non-hydrogen) atoms. The van der Waals surface area contributed by atoms with Gasteiger partial charge in [-0.05, 0) is 81.3 Å². The van der Waals surface area contributed by atoms with Crippen molar-refractivity contribution in [2.75, 3.05) is 17.5 Å². The lowest BCUT2D eigenvalue weighted by Gasteiger charge is -2.35. The first-order valence-corrected chi connectivity index (χ1v) is 16.9. The molecule has 0 spiro atoms. The van der Waals surface area contributed by atoms with Gasteiger partial charge in [-0.1, -0.05) is 78.3 Å². The third kappa shape index (κ3) is 9.11. The van der Waals surface area contributed by atoms with Gasteiger partial charge < -0.3 is 15.0 Å². The number of amides is 2. The molecule has 4 aromatic rings. The lowest BCUT2D eigenvalue weighted by Crippen LogP contribution is -2.56. The Kier molecular flexibility index (Phi) is 11.5. The third-order valence-corrected chi connectivity index (χ3v) is 9.27. The number of anilines is 1. The molecule has 0 radical (unpaired) electrons. The van der Waals surface area contributed by atoms with E-state index >= 15 is 0 Å². The molecule has 10 heteroatoms. The summed E-state index contributed by atoms with van der Waals surface area (Å²) in [7, 11) is -4.23. The van der Waals surface area contributed by atoms with Crippen molar-refractivity contribution in [3.05, 3.63) is 125 Å². The Morgan fingerprint density at radius 2 is 1.43 bits per heavy atom. The Morgan fingerprint density at radius 1 is 0.848 bits per heavy atom. The van der Waals surface area contributed by atoms with Crippen molar-refractivity contribution in [3.63, 3.8) is 0 Å². The van der Waals surface area contributed by atoms with Gasteiger partial charge in [0, 0.05) is 23.5 Å². The number of halogens is 1. The largest absolute Gasteiger partial charge is 0.494 e. The third-order valence-electron chi connectivity index (χ3n) is 7.11. The Hall–Kier alpha value is -4.34. The number of nitrogens with zero attached hydrogens (tertiary/aromatic N) is 2. The first-order chi connectivity index (χ1) is 21.9. The maximum absolute atomic E-state index is 14.5. The van der Waals surface area contributed by atoms with Crippen LogP contribution in [-0.4, -0.2) is 49.9 Å². The van der Waals surface area contributed by atoms with Crippen molar-refractivity contribution < 1.29 is 22.7 Å². The zero-order chi connectivity index (χ0) is 33.3. The predicted octanol–water partition coefficient (Wildman–Crippen LogP) is 6.49. The number of ether oxygens (including phenoxy) is 1. The fourth-order valence-corrected chi connectivity index (χ4v) is 6.55. The molecule has 242 valence electrons. The average molecular weight is 662 g/mol. The summed E-state index contributed by atoms with van der Waals surface area (Å²) < 4.78 is 34.9. The number of hydrogen-bond acceptors (Lipinski definition) is 5. The fraction of sp³-hybridized carbons (Fsp3) is 0.278. The van der Waals surface area contributed by atoms with Gasteiger partial charge in [-0.25, -0.2) is 8.42 Å². The molecule has 8 nitrogen and oxygen atoms in total. The molecular formula is C36H40ClN3O5S. The van der Waals surface area contributed by atoms with Gasteiger partial charge in [0.15, 0.2) is 0 Å². The minimum Gasteiger partial charge on any atom is -0.494 e. The monoisotopic (exact) mass is 661 g/mol. The predicted molar refractivity (Wildman–Crippen MR) is 182 cm³/mol. The second-order valence-electron chi connectivity index (χ2n) is 11.8. The summed E-state index contributed by atoms with van der Waals surface area (Å²) in [5.74, 6) is -0.399. The lowest BCUT2D eigenvalue weighted by molar-refractivity contribution is -0.140. The maximum atomic E-state index is 14.5. The Bertz CT molecular complexity index is 1710. The summed E-state index contributed by atoms with van der Waals surface area (Å²) in [6.07, 6.45) is 0.204. The number of para-hydroxylation sites is 1. The highest BCUT2D eigenvalue weighted by molar-refractivity contribution is 7.92. The van der Waals surface area contributed by atoms with Gasteiger partial charge in [0.2, 0.25) is 11.8 Å². The Labute approximate surface area is 277 Å². The molecule has 0 saturated carbocycles. The molecule has 0 aliphatic carbocycles. The van der Waals surface area contributed by atoms with Crippen LogP contribution in [0.1, 0.15) is 38.8 Å². The van der Waals surface area contributed by atoms with E-state index in [1.165, 1.54) is 17.0 Å². The summed E-state index contributed by atoms with van der Waals surface area (Å²) in [6, 6.07) is 30.0. The highest BCUT2D eigenvalue weighted by Gasteiger charge is 2.35. The van der Waals surface area contributed by atoms with Crippen LogP contribution in [0.25, 0.3) is 0 Å². The van der Waals surface area contributed by atoms with Gasteiger partial charge in [-0.3, -0.25) is 13.9 Å².